The number of nitrogens with zero attached hydrogens (tertiary/aromatic N) is 2. The minimum Gasteiger partial charge on any atom is -0.338 e. The maximum absolute atomic E-state index is 14.5. The standard InChI is InChI=1S/C23H25FN3O3P/c1-15(2)31(30)11-9-27(10-12-31)23(29)19-13-16(7-8-20(19)24)14-21-17-5-3-4-6-18(17)22(28)26-25-21/h3-8,13,15H,9-12,14H2,1-2H3,(H,26,28). The summed E-state index contributed by atoms with van der Waals surface area (Å²) in [5, 5.41) is 7.92. The lowest BCUT2D eigenvalue weighted by atomic mass is 10.0. The fourth-order valence-corrected chi connectivity index (χ4v) is 6.46. The number of hydrogen-bond acceptors (Lipinski definition) is 4. The number of rotatable bonds is 4. The molecule has 1 aromatic heterocycles. The predicted molar refractivity (Wildman–Crippen MR) is 120 cm³/mol. The Morgan fingerprint density at radius 3 is 2.52 bits per heavy atom. The second-order valence-electron chi connectivity index (χ2n) is 8.32. The number of hydrogen-bond donors (Lipinski definition) is 1. The van der Waals surface area contributed by atoms with E-state index in [1.807, 2.05) is 26.0 Å². The molecule has 2 heterocycles. The molecule has 0 atom stereocenters. The molecule has 8 heteroatoms. The van der Waals surface area contributed by atoms with Crippen LogP contribution in [0, 0.1) is 5.82 Å². The van der Waals surface area contributed by atoms with E-state index in [1.54, 1.807) is 29.2 Å². The number of benzene rings is 2. The van der Waals surface area contributed by atoms with E-state index in [2.05, 4.69) is 10.2 Å². The molecule has 1 aliphatic rings. The highest BCUT2D eigenvalue weighted by atomic mass is 31.2. The molecule has 0 spiro atoms. The lowest BCUT2D eigenvalue weighted by Gasteiger charge is -2.34. The highest BCUT2D eigenvalue weighted by Crippen LogP contribution is 2.51. The third kappa shape index (κ3) is 4.19. The third-order valence-corrected chi connectivity index (χ3v) is 9.93. The molecule has 6 nitrogen and oxygen atoms in total. The van der Waals surface area contributed by atoms with Gasteiger partial charge in [-0.2, -0.15) is 5.10 Å². The topological polar surface area (TPSA) is 83.1 Å². The largest absolute Gasteiger partial charge is 0.338 e. The zero-order chi connectivity index (χ0) is 22.2. The van der Waals surface area contributed by atoms with Crippen LogP contribution in [0.25, 0.3) is 10.8 Å². The van der Waals surface area contributed by atoms with Crippen LogP contribution in [-0.4, -0.2) is 52.1 Å². The molecule has 0 aliphatic carbocycles. The van der Waals surface area contributed by atoms with E-state index in [9.17, 15) is 18.5 Å². The first-order valence-corrected chi connectivity index (χ1v) is 12.5. The molecule has 1 aliphatic heterocycles. The number of nitrogens with one attached hydrogen (secondary N) is 1. The van der Waals surface area contributed by atoms with Gasteiger partial charge in [0.15, 0.2) is 0 Å². The molecule has 2 aromatic carbocycles. The van der Waals surface area contributed by atoms with Gasteiger partial charge < -0.3 is 9.46 Å². The van der Waals surface area contributed by atoms with Gasteiger partial charge in [-0.25, -0.2) is 9.49 Å². The number of carbonyl (C=O) groups excluding carboxylic acids is 1. The highest BCUT2D eigenvalue weighted by Gasteiger charge is 2.34. The molecular weight excluding hydrogens is 416 g/mol. The van der Waals surface area contributed by atoms with E-state index in [0.29, 0.717) is 42.9 Å². The van der Waals surface area contributed by atoms with E-state index in [4.69, 9.17) is 0 Å². The second-order valence-corrected chi connectivity index (χ2v) is 12.2. The minimum atomic E-state index is -2.27. The van der Waals surface area contributed by atoms with Crippen LogP contribution in [0.3, 0.4) is 0 Å². The maximum atomic E-state index is 14.5. The van der Waals surface area contributed by atoms with Crippen molar-refractivity contribution in [1.29, 1.82) is 0 Å². The van der Waals surface area contributed by atoms with Crippen LogP contribution in [0.15, 0.2) is 47.3 Å². The number of amides is 1. The van der Waals surface area contributed by atoms with E-state index in [0.717, 1.165) is 10.9 Å². The Hall–Kier alpha value is -2.79. The molecule has 1 N–H and O–H groups in total. The van der Waals surface area contributed by atoms with Crippen LogP contribution >= 0.6 is 7.14 Å². The maximum Gasteiger partial charge on any atom is 0.272 e. The summed E-state index contributed by atoms with van der Waals surface area (Å²) < 4.78 is 27.4. The Labute approximate surface area is 179 Å². The summed E-state index contributed by atoms with van der Waals surface area (Å²) in [5.41, 5.74) is 1.21. The number of aromatic amines is 1. The van der Waals surface area contributed by atoms with Crippen molar-refractivity contribution in [3.63, 3.8) is 0 Å². The summed E-state index contributed by atoms with van der Waals surface area (Å²) >= 11 is 0. The molecule has 0 radical (unpaired) electrons. The molecule has 162 valence electrons. The first-order valence-electron chi connectivity index (χ1n) is 10.4. The van der Waals surface area contributed by atoms with Crippen LogP contribution in [-0.2, 0) is 11.0 Å². The summed E-state index contributed by atoms with van der Waals surface area (Å²) in [7, 11) is -2.27. The quantitative estimate of drug-likeness (QED) is 0.623. The van der Waals surface area contributed by atoms with E-state index in [-0.39, 0.29) is 22.7 Å². The molecule has 0 saturated carbocycles. The molecule has 1 amide bonds. The number of aromatic nitrogens is 2. The lowest BCUT2D eigenvalue weighted by Crippen LogP contribution is -2.41. The number of fused-ring (bicyclic) bond motifs is 1. The zero-order valence-electron chi connectivity index (χ0n) is 17.6. The number of carbonyl (C=O) groups is 1. The van der Waals surface area contributed by atoms with Gasteiger partial charge in [0.1, 0.15) is 5.82 Å². The number of H-pyrrole nitrogens is 1. The summed E-state index contributed by atoms with van der Waals surface area (Å²) in [6.07, 6.45) is 1.30. The van der Waals surface area contributed by atoms with Gasteiger partial charge in [0.2, 0.25) is 0 Å². The molecule has 31 heavy (non-hydrogen) atoms. The first-order chi connectivity index (χ1) is 14.8. The van der Waals surface area contributed by atoms with Crippen molar-refractivity contribution in [3.8, 4) is 0 Å². The van der Waals surface area contributed by atoms with Crippen LogP contribution in [0.2, 0.25) is 0 Å². The predicted octanol–water partition coefficient (Wildman–Crippen LogP) is 3.88. The Kier molecular flexibility index (Phi) is 5.80. The normalized spacial score (nSPS) is 16.1. The lowest BCUT2D eigenvalue weighted by molar-refractivity contribution is 0.0764. The summed E-state index contributed by atoms with van der Waals surface area (Å²) in [6.45, 7) is 4.67. The van der Waals surface area contributed by atoms with Crippen molar-refractivity contribution in [3.05, 3.63) is 75.5 Å². The van der Waals surface area contributed by atoms with Gasteiger partial charge in [-0.1, -0.05) is 38.1 Å². The van der Waals surface area contributed by atoms with Crippen molar-refractivity contribution >= 4 is 23.8 Å². The van der Waals surface area contributed by atoms with Gasteiger partial charge in [-0.05, 0) is 23.8 Å². The van der Waals surface area contributed by atoms with Crippen molar-refractivity contribution < 1.29 is 13.8 Å². The third-order valence-electron chi connectivity index (χ3n) is 6.13. The Morgan fingerprint density at radius 2 is 1.84 bits per heavy atom. The molecule has 0 bridgehead atoms. The van der Waals surface area contributed by atoms with Gasteiger partial charge in [-0.15, -0.1) is 0 Å². The second kappa shape index (κ2) is 8.39. The molecule has 1 fully saturated rings. The SMILES string of the molecule is CC(C)P1(=O)CCN(C(=O)c2cc(Cc3n[nH]c(=O)c4ccccc34)ccc2F)CC1. The Balaban J connectivity index is 1.59. The van der Waals surface area contributed by atoms with Gasteiger partial charge in [-0.3, -0.25) is 9.59 Å². The number of halogens is 1. The average molecular weight is 441 g/mol. The molecular formula is C23H25FN3O3P. The summed E-state index contributed by atoms with van der Waals surface area (Å²) in [5.74, 6) is -0.959. The van der Waals surface area contributed by atoms with Crippen molar-refractivity contribution in [2.75, 3.05) is 25.4 Å². The summed E-state index contributed by atoms with van der Waals surface area (Å²) in [6, 6.07) is 11.6. The molecule has 4 rings (SSSR count). The first kappa shape index (κ1) is 21.4. The van der Waals surface area contributed by atoms with Gasteiger partial charge in [0.25, 0.3) is 11.5 Å². The smallest absolute Gasteiger partial charge is 0.272 e. The van der Waals surface area contributed by atoms with Crippen LogP contribution in [0.1, 0.15) is 35.5 Å². The monoisotopic (exact) mass is 441 g/mol. The molecule has 3 aromatic rings. The minimum absolute atomic E-state index is 0.00695. The van der Waals surface area contributed by atoms with E-state index >= 15 is 0 Å². The van der Waals surface area contributed by atoms with Crippen LogP contribution in [0.5, 0.6) is 0 Å². The van der Waals surface area contributed by atoms with Crippen LogP contribution < -0.4 is 5.56 Å². The highest BCUT2D eigenvalue weighted by molar-refractivity contribution is 7.64. The van der Waals surface area contributed by atoms with E-state index in [1.165, 1.54) is 6.07 Å². The van der Waals surface area contributed by atoms with E-state index < -0.39 is 13.0 Å². The Bertz CT molecular complexity index is 1240. The van der Waals surface area contributed by atoms with Crippen molar-refractivity contribution in [2.24, 2.45) is 0 Å². The fourth-order valence-electron chi connectivity index (χ4n) is 4.04. The molecule has 0 unspecified atom stereocenters. The summed E-state index contributed by atoms with van der Waals surface area (Å²) in [4.78, 5) is 26.6. The zero-order valence-corrected chi connectivity index (χ0v) is 18.5. The van der Waals surface area contributed by atoms with Gasteiger partial charge >= 0.3 is 0 Å². The average Bonchev–Trinajstić information content (AvgIpc) is 2.77. The Morgan fingerprint density at radius 1 is 1.16 bits per heavy atom. The van der Waals surface area contributed by atoms with Gasteiger partial charge in [0, 0.05) is 42.9 Å². The molecule has 1 saturated heterocycles. The van der Waals surface area contributed by atoms with Gasteiger partial charge in [0.05, 0.1) is 23.8 Å². The van der Waals surface area contributed by atoms with Crippen molar-refractivity contribution in [2.45, 2.75) is 25.9 Å². The van der Waals surface area contributed by atoms with Crippen LogP contribution in [0.4, 0.5) is 4.39 Å². The van der Waals surface area contributed by atoms with Crippen molar-refractivity contribution in [1.82, 2.24) is 15.1 Å². The fraction of sp³-hybridized carbons (Fsp3) is 0.348.